The van der Waals surface area contributed by atoms with Gasteiger partial charge in [-0.3, -0.25) is 4.79 Å². The van der Waals surface area contributed by atoms with E-state index < -0.39 is 6.10 Å². The van der Waals surface area contributed by atoms with Crippen LogP contribution < -0.4 is 10.1 Å². The van der Waals surface area contributed by atoms with Gasteiger partial charge in [0.2, 0.25) is 0 Å². The summed E-state index contributed by atoms with van der Waals surface area (Å²) in [5.41, 5.74) is 2.10. The molecule has 0 aliphatic heterocycles. The van der Waals surface area contributed by atoms with E-state index in [0.717, 1.165) is 5.56 Å². The lowest BCUT2D eigenvalue weighted by atomic mass is 10.1. The third kappa shape index (κ3) is 5.07. The van der Waals surface area contributed by atoms with Crippen molar-refractivity contribution in [1.82, 2.24) is 10.3 Å². The average Bonchev–Trinajstić information content (AvgIpc) is 3.47. The minimum atomic E-state index is -0.868. The van der Waals surface area contributed by atoms with E-state index in [2.05, 4.69) is 10.3 Å². The molecule has 0 fully saturated rings. The van der Waals surface area contributed by atoms with Crippen LogP contribution >= 0.6 is 11.3 Å². The summed E-state index contributed by atoms with van der Waals surface area (Å²) in [5, 5.41) is 14.1. The summed E-state index contributed by atoms with van der Waals surface area (Å²) in [6, 6.07) is 20.4. The molecule has 2 aromatic heterocycles. The molecule has 0 saturated carbocycles. The van der Waals surface area contributed by atoms with Crippen molar-refractivity contribution in [3.05, 3.63) is 83.4 Å². The zero-order valence-corrected chi connectivity index (χ0v) is 18.6. The smallest absolute Gasteiger partial charge is 0.263 e. The van der Waals surface area contributed by atoms with Gasteiger partial charge in [0.25, 0.3) is 5.91 Å². The molecule has 1 unspecified atom stereocenters. The molecule has 6 nitrogen and oxygen atoms in total. The van der Waals surface area contributed by atoms with Crippen LogP contribution in [0.4, 0.5) is 0 Å². The standard InChI is InChI=1S/C25H24N2O4S/c1-16(2)31-19-11-6-10-18(14-19)20(28)15-26-24(29)23-22(17-8-4-3-5-9-17)27-25(32-23)21-12-7-13-30-21/h3-14,16,20,28H,15H2,1-2H3,(H,26,29). The van der Waals surface area contributed by atoms with Crippen molar-refractivity contribution >= 4 is 17.2 Å². The number of amides is 1. The zero-order chi connectivity index (χ0) is 22.5. The van der Waals surface area contributed by atoms with E-state index in [-0.39, 0.29) is 18.6 Å². The van der Waals surface area contributed by atoms with Gasteiger partial charge in [0.05, 0.1) is 24.2 Å². The van der Waals surface area contributed by atoms with E-state index in [1.807, 2.05) is 62.4 Å². The number of aliphatic hydroxyl groups is 1. The summed E-state index contributed by atoms with van der Waals surface area (Å²) in [6.07, 6.45) is 0.743. The number of nitrogens with one attached hydrogen (secondary N) is 1. The minimum absolute atomic E-state index is 0.0354. The molecule has 0 aliphatic rings. The largest absolute Gasteiger partial charge is 0.491 e. The van der Waals surface area contributed by atoms with Gasteiger partial charge in [-0.2, -0.15) is 0 Å². The molecule has 0 saturated heterocycles. The second-order valence-corrected chi connectivity index (χ2v) is 8.50. The second kappa shape index (κ2) is 9.80. The Morgan fingerprint density at radius 2 is 1.94 bits per heavy atom. The Bertz CT molecular complexity index is 1170. The van der Waals surface area contributed by atoms with Crippen LogP contribution in [-0.2, 0) is 0 Å². The second-order valence-electron chi connectivity index (χ2n) is 7.50. The fraction of sp³-hybridized carbons (Fsp3) is 0.200. The van der Waals surface area contributed by atoms with Gasteiger partial charge in [0, 0.05) is 12.1 Å². The monoisotopic (exact) mass is 448 g/mol. The van der Waals surface area contributed by atoms with Gasteiger partial charge in [0.1, 0.15) is 10.6 Å². The van der Waals surface area contributed by atoms with Crippen LogP contribution in [0.5, 0.6) is 5.75 Å². The summed E-state index contributed by atoms with van der Waals surface area (Å²) in [5.74, 6) is 0.987. The van der Waals surface area contributed by atoms with Crippen molar-refractivity contribution in [3.63, 3.8) is 0 Å². The molecule has 7 heteroatoms. The Labute approximate surface area is 190 Å². The Balaban J connectivity index is 1.53. The summed E-state index contributed by atoms with van der Waals surface area (Å²) in [6.45, 7) is 3.95. The topological polar surface area (TPSA) is 84.6 Å². The molecule has 164 valence electrons. The highest BCUT2D eigenvalue weighted by Crippen LogP contribution is 2.34. The normalized spacial score (nSPS) is 12.0. The van der Waals surface area contributed by atoms with Gasteiger partial charge in [0.15, 0.2) is 10.8 Å². The van der Waals surface area contributed by atoms with Crippen LogP contribution in [-0.4, -0.2) is 28.6 Å². The number of aromatic nitrogens is 1. The molecule has 0 radical (unpaired) electrons. The van der Waals surface area contributed by atoms with Crippen LogP contribution in [0.25, 0.3) is 22.0 Å². The number of nitrogens with zero attached hydrogens (tertiary/aromatic N) is 1. The third-order valence-electron chi connectivity index (χ3n) is 4.68. The molecule has 2 N–H and O–H groups in total. The summed E-state index contributed by atoms with van der Waals surface area (Å²) >= 11 is 1.26. The number of hydrogen-bond donors (Lipinski definition) is 2. The number of ether oxygens (including phenoxy) is 1. The van der Waals surface area contributed by atoms with Crippen molar-refractivity contribution < 1.29 is 19.1 Å². The number of aliphatic hydroxyl groups excluding tert-OH is 1. The molecule has 2 aromatic carbocycles. The fourth-order valence-corrected chi connectivity index (χ4v) is 4.20. The van der Waals surface area contributed by atoms with Crippen molar-refractivity contribution in [1.29, 1.82) is 0 Å². The lowest BCUT2D eigenvalue weighted by Gasteiger charge is -2.15. The van der Waals surface area contributed by atoms with E-state index in [4.69, 9.17) is 9.15 Å². The van der Waals surface area contributed by atoms with Gasteiger partial charge in [-0.15, -0.1) is 11.3 Å². The van der Waals surface area contributed by atoms with Crippen molar-refractivity contribution in [2.24, 2.45) is 0 Å². The predicted octanol–water partition coefficient (Wildman–Crippen LogP) is 5.32. The average molecular weight is 449 g/mol. The van der Waals surface area contributed by atoms with Gasteiger partial charge in [-0.25, -0.2) is 4.98 Å². The molecule has 1 atom stereocenters. The highest BCUT2D eigenvalue weighted by atomic mass is 32.1. The third-order valence-corrected chi connectivity index (χ3v) is 5.75. The summed E-state index contributed by atoms with van der Waals surface area (Å²) < 4.78 is 11.2. The molecule has 1 amide bonds. The van der Waals surface area contributed by atoms with Crippen LogP contribution in [0, 0.1) is 0 Å². The minimum Gasteiger partial charge on any atom is -0.491 e. The predicted molar refractivity (Wildman–Crippen MR) is 125 cm³/mol. The lowest BCUT2D eigenvalue weighted by Crippen LogP contribution is -2.28. The molecule has 0 bridgehead atoms. The van der Waals surface area contributed by atoms with Crippen molar-refractivity contribution in [3.8, 4) is 27.8 Å². The number of benzene rings is 2. The molecule has 0 aliphatic carbocycles. The molecule has 0 spiro atoms. The van der Waals surface area contributed by atoms with E-state index in [1.165, 1.54) is 11.3 Å². The van der Waals surface area contributed by atoms with Gasteiger partial charge in [-0.05, 0) is 43.7 Å². The lowest BCUT2D eigenvalue weighted by molar-refractivity contribution is 0.0920. The van der Waals surface area contributed by atoms with E-state index >= 15 is 0 Å². The van der Waals surface area contributed by atoms with Crippen LogP contribution in [0.3, 0.4) is 0 Å². The maximum absolute atomic E-state index is 13.1. The number of furan rings is 1. The SMILES string of the molecule is CC(C)Oc1cccc(C(O)CNC(=O)c2sc(-c3ccco3)nc2-c2ccccc2)c1. The van der Waals surface area contributed by atoms with Crippen molar-refractivity contribution in [2.45, 2.75) is 26.1 Å². The molecule has 32 heavy (non-hydrogen) atoms. The molecule has 4 rings (SSSR count). The number of carbonyl (C=O) groups excluding carboxylic acids is 1. The first-order valence-electron chi connectivity index (χ1n) is 10.3. The quantitative estimate of drug-likeness (QED) is 0.381. The Hall–Kier alpha value is -3.42. The van der Waals surface area contributed by atoms with Gasteiger partial charge >= 0.3 is 0 Å². The number of rotatable bonds is 8. The molecule has 4 aromatic rings. The molecular weight excluding hydrogens is 424 g/mol. The first kappa shape index (κ1) is 21.8. The number of thiazole rings is 1. The Morgan fingerprint density at radius 3 is 2.66 bits per heavy atom. The van der Waals surface area contributed by atoms with E-state index in [1.54, 1.807) is 24.5 Å². The number of carbonyl (C=O) groups is 1. The molecular formula is C25H24N2O4S. The highest BCUT2D eigenvalue weighted by Gasteiger charge is 2.22. The van der Waals surface area contributed by atoms with Gasteiger partial charge in [-0.1, -0.05) is 42.5 Å². The first-order valence-corrected chi connectivity index (χ1v) is 11.2. The first-order chi connectivity index (χ1) is 15.5. The molecule has 2 heterocycles. The number of hydrogen-bond acceptors (Lipinski definition) is 6. The van der Waals surface area contributed by atoms with Crippen molar-refractivity contribution in [2.75, 3.05) is 6.54 Å². The zero-order valence-electron chi connectivity index (χ0n) is 17.8. The van der Waals surface area contributed by atoms with Crippen LogP contribution in [0.15, 0.2) is 77.4 Å². The maximum atomic E-state index is 13.1. The Kier molecular flexibility index (Phi) is 6.68. The van der Waals surface area contributed by atoms with Gasteiger partial charge < -0.3 is 19.6 Å². The summed E-state index contributed by atoms with van der Waals surface area (Å²) in [4.78, 5) is 18.2. The fourth-order valence-electron chi connectivity index (χ4n) is 3.23. The highest BCUT2D eigenvalue weighted by molar-refractivity contribution is 7.17. The maximum Gasteiger partial charge on any atom is 0.263 e. The van der Waals surface area contributed by atoms with Crippen LogP contribution in [0.2, 0.25) is 0 Å². The van der Waals surface area contributed by atoms with E-state index in [0.29, 0.717) is 32.7 Å². The Morgan fingerprint density at radius 1 is 1.12 bits per heavy atom. The summed E-state index contributed by atoms with van der Waals surface area (Å²) in [7, 11) is 0. The van der Waals surface area contributed by atoms with Crippen LogP contribution in [0.1, 0.15) is 35.2 Å². The van der Waals surface area contributed by atoms with E-state index in [9.17, 15) is 9.90 Å².